The van der Waals surface area contributed by atoms with Crippen molar-refractivity contribution in [1.82, 2.24) is 20.1 Å². The molecule has 0 spiro atoms. The third-order valence-corrected chi connectivity index (χ3v) is 3.76. The third kappa shape index (κ3) is 3.34. The van der Waals surface area contributed by atoms with Crippen molar-refractivity contribution in [2.45, 2.75) is 0 Å². The van der Waals surface area contributed by atoms with Crippen molar-refractivity contribution in [3.63, 3.8) is 0 Å². The molecule has 2 heterocycles. The number of anilines is 2. The quantitative estimate of drug-likeness (QED) is 0.580. The molecule has 25 heavy (non-hydrogen) atoms. The van der Waals surface area contributed by atoms with Gasteiger partial charge < -0.3 is 9.84 Å². The minimum Gasteiger partial charge on any atom is -0.339 e. The fraction of sp³-hybridized carbons (Fsp3) is 0. The highest BCUT2D eigenvalue weighted by Crippen LogP contribution is 2.28. The molecule has 0 saturated heterocycles. The summed E-state index contributed by atoms with van der Waals surface area (Å²) in [5.74, 6) is 1.42. The Morgan fingerprint density at radius 1 is 0.960 bits per heavy atom. The summed E-state index contributed by atoms with van der Waals surface area (Å²) < 4.78 is 5.40. The maximum absolute atomic E-state index is 5.92. The second-order valence-corrected chi connectivity index (χ2v) is 5.64. The van der Waals surface area contributed by atoms with E-state index in [1.165, 1.54) is 6.33 Å². The van der Waals surface area contributed by atoms with Gasteiger partial charge in [-0.3, -0.25) is 0 Å². The first-order chi connectivity index (χ1) is 12.3. The van der Waals surface area contributed by atoms with E-state index in [9.17, 15) is 0 Å². The highest BCUT2D eigenvalue weighted by atomic mass is 35.5. The van der Waals surface area contributed by atoms with Gasteiger partial charge in [0.15, 0.2) is 0 Å². The topological polar surface area (TPSA) is 76.7 Å². The van der Waals surface area contributed by atoms with E-state index in [1.54, 1.807) is 18.3 Å². The van der Waals surface area contributed by atoms with Crippen LogP contribution in [0, 0.1) is 0 Å². The van der Waals surface area contributed by atoms with Gasteiger partial charge in [0.1, 0.15) is 17.7 Å². The van der Waals surface area contributed by atoms with Crippen molar-refractivity contribution in [2.75, 3.05) is 5.32 Å². The first-order valence-electron chi connectivity index (χ1n) is 7.52. The molecule has 0 saturated carbocycles. The van der Waals surface area contributed by atoms with Crippen LogP contribution in [0.4, 0.5) is 11.5 Å². The van der Waals surface area contributed by atoms with Crippen molar-refractivity contribution in [2.24, 2.45) is 0 Å². The molecule has 0 radical (unpaired) electrons. The first kappa shape index (κ1) is 15.3. The summed E-state index contributed by atoms with van der Waals surface area (Å²) in [4.78, 5) is 12.8. The molecule has 6 nitrogen and oxygen atoms in total. The summed E-state index contributed by atoms with van der Waals surface area (Å²) in [5, 5.41) is 7.91. The van der Waals surface area contributed by atoms with Gasteiger partial charge in [-0.25, -0.2) is 9.97 Å². The SMILES string of the molecule is Clc1ccc(Nc2ncncc2-c2nc(-c3ccccc3)no2)cc1. The molecular weight excluding hydrogens is 338 g/mol. The summed E-state index contributed by atoms with van der Waals surface area (Å²) in [7, 11) is 0. The van der Waals surface area contributed by atoms with E-state index in [0.717, 1.165) is 11.3 Å². The minimum atomic E-state index is 0.343. The molecule has 0 fully saturated rings. The molecule has 0 amide bonds. The predicted octanol–water partition coefficient (Wildman–Crippen LogP) is 4.59. The minimum absolute atomic E-state index is 0.343. The van der Waals surface area contributed by atoms with E-state index in [2.05, 4.69) is 25.4 Å². The molecule has 2 aromatic carbocycles. The molecular formula is C18H12ClN5O. The van der Waals surface area contributed by atoms with Crippen LogP contribution in [0.1, 0.15) is 0 Å². The van der Waals surface area contributed by atoms with E-state index in [0.29, 0.717) is 28.1 Å². The molecule has 4 rings (SSSR count). The van der Waals surface area contributed by atoms with Gasteiger partial charge in [0, 0.05) is 22.5 Å². The summed E-state index contributed by atoms with van der Waals surface area (Å²) in [6.45, 7) is 0. The van der Waals surface area contributed by atoms with Crippen LogP contribution in [0.5, 0.6) is 0 Å². The zero-order chi connectivity index (χ0) is 17.1. The first-order valence-corrected chi connectivity index (χ1v) is 7.89. The standard InChI is InChI=1S/C18H12ClN5O/c19-13-6-8-14(9-7-13)22-17-15(10-20-11-21-17)18-23-16(24-25-18)12-4-2-1-3-5-12/h1-11H,(H,20,21,22). The molecule has 7 heteroatoms. The summed E-state index contributed by atoms with van der Waals surface area (Å²) >= 11 is 5.92. The Bertz CT molecular complexity index is 986. The van der Waals surface area contributed by atoms with Gasteiger partial charge in [0.2, 0.25) is 5.82 Å². The van der Waals surface area contributed by atoms with Crippen LogP contribution in [0.15, 0.2) is 71.6 Å². The number of hydrogen-bond donors (Lipinski definition) is 1. The maximum Gasteiger partial charge on any atom is 0.263 e. The Kier molecular flexibility index (Phi) is 4.10. The van der Waals surface area contributed by atoms with Crippen molar-refractivity contribution in [3.8, 4) is 22.8 Å². The number of halogens is 1. The summed E-state index contributed by atoms with van der Waals surface area (Å²) in [6, 6.07) is 16.9. The zero-order valence-electron chi connectivity index (χ0n) is 12.9. The Balaban J connectivity index is 1.67. The van der Waals surface area contributed by atoms with E-state index >= 15 is 0 Å². The second-order valence-electron chi connectivity index (χ2n) is 5.21. The number of benzene rings is 2. The molecule has 0 atom stereocenters. The summed E-state index contributed by atoms with van der Waals surface area (Å²) in [5.41, 5.74) is 2.33. The lowest BCUT2D eigenvalue weighted by Gasteiger charge is -2.07. The maximum atomic E-state index is 5.92. The number of nitrogens with zero attached hydrogens (tertiary/aromatic N) is 4. The molecule has 0 aliphatic carbocycles. The van der Waals surface area contributed by atoms with Crippen LogP contribution in [-0.2, 0) is 0 Å². The van der Waals surface area contributed by atoms with Crippen molar-refractivity contribution < 1.29 is 4.52 Å². The highest BCUT2D eigenvalue weighted by Gasteiger charge is 2.15. The van der Waals surface area contributed by atoms with Crippen LogP contribution in [0.25, 0.3) is 22.8 Å². The van der Waals surface area contributed by atoms with Crippen LogP contribution in [-0.4, -0.2) is 20.1 Å². The normalized spacial score (nSPS) is 10.6. The van der Waals surface area contributed by atoms with Gasteiger partial charge in [-0.05, 0) is 24.3 Å². The van der Waals surface area contributed by atoms with Crippen LogP contribution in [0.3, 0.4) is 0 Å². The van der Waals surface area contributed by atoms with E-state index in [-0.39, 0.29) is 0 Å². The molecule has 0 aliphatic heterocycles. The lowest BCUT2D eigenvalue weighted by Crippen LogP contribution is -1.97. The van der Waals surface area contributed by atoms with Crippen molar-refractivity contribution >= 4 is 23.1 Å². The van der Waals surface area contributed by atoms with Gasteiger partial charge in [-0.15, -0.1) is 0 Å². The van der Waals surface area contributed by atoms with E-state index < -0.39 is 0 Å². The number of nitrogens with one attached hydrogen (secondary N) is 1. The molecule has 4 aromatic rings. The Hall–Kier alpha value is -3.25. The lowest BCUT2D eigenvalue weighted by atomic mass is 10.2. The van der Waals surface area contributed by atoms with Gasteiger partial charge >= 0.3 is 0 Å². The predicted molar refractivity (Wildman–Crippen MR) is 95.5 cm³/mol. The fourth-order valence-corrected chi connectivity index (χ4v) is 2.42. The van der Waals surface area contributed by atoms with Crippen LogP contribution >= 0.6 is 11.6 Å². The van der Waals surface area contributed by atoms with Gasteiger partial charge in [0.05, 0.1) is 0 Å². The van der Waals surface area contributed by atoms with E-state index in [4.69, 9.17) is 16.1 Å². The number of rotatable bonds is 4. The Morgan fingerprint density at radius 2 is 1.76 bits per heavy atom. The lowest BCUT2D eigenvalue weighted by molar-refractivity contribution is 0.432. The van der Waals surface area contributed by atoms with Crippen molar-refractivity contribution in [1.29, 1.82) is 0 Å². The van der Waals surface area contributed by atoms with Crippen LogP contribution < -0.4 is 5.32 Å². The molecule has 1 N–H and O–H groups in total. The fourth-order valence-electron chi connectivity index (χ4n) is 2.29. The highest BCUT2D eigenvalue weighted by molar-refractivity contribution is 6.30. The third-order valence-electron chi connectivity index (χ3n) is 3.51. The average Bonchev–Trinajstić information content (AvgIpc) is 3.15. The van der Waals surface area contributed by atoms with E-state index in [1.807, 2.05) is 42.5 Å². The molecule has 0 aliphatic rings. The smallest absolute Gasteiger partial charge is 0.263 e. The monoisotopic (exact) mass is 349 g/mol. The number of hydrogen-bond acceptors (Lipinski definition) is 6. The Labute approximate surface area is 148 Å². The van der Waals surface area contributed by atoms with Gasteiger partial charge in [0.25, 0.3) is 5.89 Å². The molecule has 122 valence electrons. The second kappa shape index (κ2) is 6.70. The van der Waals surface area contributed by atoms with Crippen LogP contribution in [0.2, 0.25) is 5.02 Å². The van der Waals surface area contributed by atoms with Crippen molar-refractivity contribution in [3.05, 3.63) is 72.1 Å². The average molecular weight is 350 g/mol. The summed E-state index contributed by atoms with van der Waals surface area (Å²) in [6.07, 6.45) is 3.09. The largest absolute Gasteiger partial charge is 0.339 e. The Morgan fingerprint density at radius 3 is 2.56 bits per heavy atom. The van der Waals surface area contributed by atoms with Gasteiger partial charge in [-0.2, -0.15) is 4.98 Å². The number of aromatic nitrogens is 4. The van der Waals surface area contributed by atoms with Gasteiger partial charge in [-0.1, -0.05) is 47.1 Å². The molecule has 2 aromatic heterocycles. The molecule has 0 bridgehead atoms. The zero-order valence-corrected chi connectivity index (χ0v) is 13.7. The molecule has 0 unspecified atom stereocenters.